The number of nitrogens with one attached hydrogen (secondary N) is 1. The van der Waals surface area contributed by atoms with Crippen LogP contribution in [0.1, 0.15) is 24.3 Å². The maximum absolute atomic E-state index is 6.24. The average Bonchev–Trinajstić information content (AvgIpc) is 2.96. The minimum atomic E-state index is 0.300. The monoisotopic (exact) mass is 292 g/mol. The molecule has 1 unspecified atom stereocenters. The van der Waals surface area contributed by atoms with E-state index in [1.165, 1.54) is 5.56 Å². The number of likely N-dealkylation sites (N-methyl/N-ethyl adjacent to an activating group) is 1. The van der Waals surface area contributed by atoms with Gasteiger partial charge in [-0.25, -0.2) is 0 Å². The molecule has 0 bridgehead atoms. The van der Waals surface area contributed by atoms with E-state index in [9.17, 15) is 0 Å². The predicted octanol–water partition coefficient (Wildman–Crippen LogP) is 3.72. The smallest absolute Gasteiger partial charge is 0.117 e. The zero-order chi connectivity index (χ0) is 14.4. The van der Waals surface area contributed by atoms with Crippen molar-refractivity contribution in [3.05, 3.63) is 59.0 Å². The van der Waals surface area contributed by atoms with Crippen molar-refractivity contribution in [2.75, 3.05) is 20.1 Å². The van der Waals surface area contributed by atoms with Crippen molar-refractivity contribution < 1.29 is 4.42 Å². The first-order valence-electron chi connectivity index (χ1n) is 6.86. The van der Waals surface area contributed by atoms with E-state index in [2.05, 4.69) is 30.3 Å². The zero-order valence-electron chi connectivity index (χ0n) is 12.0. The Hall–Kier alpha value is -1.29. The van der Waals surface area contributed by atoms with Gasteiger partial charge in [-0.2, -0.15) is 0 Å². The van der Waals surface area contributed by atoms with Gasteiger partial charge in [0.1, 0.15) is 5.76 Å². The Morgan fingerprint density at radius 1 is 1.25 bits per heavy atom. The molecule has 0 saturated heterocycles. The van der Waals surface area contributed by atoms with E-state index >= 15 is 0 Å². The fourth-order valence-corrected chi connectivity index (χ4v) is 2.42. The second-order valence-electron chi connectivity index (χ2n) is 4.93. The molecule has 3 nitrogen and oxygen atoms in total. The molecule has 2 aromatic rings. The third-order valence-corrected chi connectivity index (χ3v) is 3.88. The minimum absolute atomic E-state index is 0.300. The van der Waals surface area contributed by atoms with Gasteiger partial charge in [0.2, 0.25) is 0 Å². The lowest BCUT2D eigenvalue weighted by Crippen LogP contribution is -2.31. The average molecular weight is 293 g/mol. The van der Waals surface area contributed by atoms with Gasteiger partial charge in [-0.1, -0.05) is 29.8 Å². The predicted molar refractivity (Wildman–Crippen MR) is 82.9 cm³/mol. The number of hydrogen-bond acceptors (Lipinski definition) is 3. The number of halogens is 1. The second-order valence-corrected chi connectivity index (χ2v) is 5.34. The van der Waals surface area contributed by atoms with Crippen LogP contribution in [0.4, 0.5) is 0 Å². The summed E-state index contributed by atoms with van der Waals surface area (Å²) in [6, 6.07) is 12.2. The van der Waals surface area contributed by atoms with Crippen LogP contribution in [0.15, 0.2) is 47.1 Å². The molecule has 1 aromatic carbocycles. The molecule has 2 rings (SSSR count). The quantitative estimate of drug-likeness (QED) is 0.789. The molecule has 1 atom stereocenters. The molecule has 1 aromatic heterocycles. The van der Waals surface area contributed by atoms with Gasteiger partial charge >= 0.3 is 0 Å². The number of nitrogens with zero attached hydrogens (tertiary/aromatic N) is 1. The van der Waals surface area contributed by atoms with E-state index in [0.29, 0.717) is 6.04 Å². The van der Waals surface area contributed by atoms with E-state index < -0.39 is 0 Å². The number of hydrogen-bond donors (Lipinski definition) is 1. The Morgan fingerprint density at radius 2 is 2.05 bits per heavy atom. The fourth-order valence-electron chi connectivity index (χ4n) is 2.13. The first kappa shape index (κ1) is 15.1. The summed E-state index contributed by atoms with van der Waals surface area (Å²) in [6.45, 7) is 4.80. The van der Waals surface area contributed by atoms with Crippen molar-refractivity contribution >= 4 is 11.6 Å². The molecule has 0 saturated carbocycles. The lowest BCUT2D eigenvalue weighted by molar-refractivity contribution is 0.260. The van der Waals surface area contributed by atoms with Crippen LogP contribution < -0.4 is 5.32 Å². The molecule has 1 heterocycles. The lowest BCUT2D eigenvalue weighted by atomic mass is 10.1. The summed E-state index contributed by atoms with van der Waals surface area (Å²) >= 11 is 6.24. The Balaban J connectivity index is 1.77. The van der Waals surface area contributed by atoms with Gasteiger partial charge in [-0.05, 0) is 37.7 Å². The first-order valence-corrected chi connectivity index (χ1v) is 7.24. The Kier molecular flexibility index (Phi) is 5.65. The van der Waals surface area contributed by atoms with Crippen LogP contribution in [0.2, 0.25) is 5.02 Å². The van der Waals surface area contributed by atoms with Crippen LogP contribution in [0, 0.1) is 0 Å². The van der Waals surface area contributed by atoms with Crippen LogP contribution in [0.5, 0.6) is 0 Å². The molecule has 20 heavy (non-hydrogen) atoms. The molecule has 1 N–H and O–H groups in total. The van der Waals surface area contributed by atoms with Gasteiger partial charge in [-0.3, -0.25) is 4.90 Å². The van der Waals surface area contributed by atoms with Gasteiger partial charge < -0.3 is 9.73 Å². The van der Waals surface area contributed by atoms with Crippen LogP contribution in [-0.2, 0) is 6.54 Å². The highest BCUT2D eigenvalue weighted by molar-refractivity contribution is 6.31. The van der Waals surface area contributed by atoms with Gasteiger partial charge in [0.25, 0.3) is 0 Å². The highest BCUT2D eigenvalue weighted by Gasteiger charge is 2.13. The zero-order valence-corrected chi connectivity index (χ0v) is 12.7. The molecule has 0 aliphatic rings. The molecular weight excluding hydrogens is 272 g/mol. The van der Waals surface area contributed by atoms with Crippen LogP contribution in [0.25, 0.3) is 0 Å². The maximum atomic E-state index is 6.24. The lowest BCUT2D eigenvalue weighted by Gasteiger charge is -2.25. The summed E-state index contributed by atoms with van der Waals surface area (Å²) in [6.07, 6.45) is 1.70. The summed E-state index contributed by atoms with van der Waals surface area (Å²) in [5.41, 5.74) is 1.17. The Morgan fingerprint density at radius 3 is 2.75 bits per heavy atom. The van der Waals surface area contributed by atoms with Crippen molar-refractivity contribution in [1.82, 2.24) is 10.2 Å². The molecule has 108 valence electrons. The number of furan rings is 1. The number of rotatable bonds is 7. The second kappa shape index (κ2) is 7.48. The highest BCUT2D eigenvalue weighted by atomic mass is 35.5. The molecule has 0 aliphatic carbocycles. The van der Waals surface area contributed by atoms with E-state index in [0.717, 1.165) is 30.4 Å². The summed E-state index contributed by atoms with van der Waals surface area (Å²) in [5, 5.41) is 4.20. The summed E-state index contributed by atoms with van der Waals surface area (Å²) in [4.78, 5) is 2.29. The molecule has 0 fully saturated rings. The minimum Gasteiger partial charge on any atom is -0.468 e. The molecule has 0 aliphatic heterocycles. The SMILES string of the molecule is CC(c1ccccc1Cl)N(C)CCNCc1ccco1. The largest absolute Gasteiger partial charge is 0.468 e. The summed E-state index contributed by atoms with van der Waals surface area (Å²) in [5.74, 6) is 0.965. The van der Waals surface area contributed by atoms with Crippen molar-refractivity contribution in [3.8, 4) is 0 Å². The van der Waals surface area contributed by atoms with Crippen molar-refractivity contribution in [2.45, 2.75) is 19.5 Å². The van der Waals surface area contributed by atoms with Gasteiger partial charge in [0.05, 0.1) is 12.8 Å². The van der Waals surface area contributed by atoms with Crippen LogP contribution in [-0.4, -0.2) is 25.0 Å². The normalized spacial score (nSPS) is 12.8. The third kappa shape index (κ3) is 4.10. The Labute approximate surface area is 125 Å². The van der Waals surface area contributed by atoms with E-state index in [1.807, 2.05) is 30.3 Å². The van der Waals surface area contributed by atoms with Crippen molar-refractivity contribution in [2.24, 2.45) is 0 Å². The van der Waals surface area contributed by atoms with Crippen LogP contribution in [0.3, 0.4) is 0 Å². The summed E-state index contributed by atoms with van der Waals surface area (Å²) < 4.78 is 5.28. The topological polar surface area (TPSA) is 28.4 Å². The maximum Gasteiger partial charge on any atom is 0.117 e. The highest BCUT2D eigenvalue weighted by Crippen LogP contribution is 2.25. The number of benzene rings is 1. The van der Waals surface area contributed by atoms with E-state index in [-0.39, 0.29) is 0 Å². The van der Waals surface area contributed by atoms with Gasteiger partial charge in [0.15, 0.2) is 0 Å². The molecule has 0 radical (unpaired) electrons. The van der Waals surface area contributed by atoms with Gasteiger partial charge in [0, 0.05) is 24.2 Å². The Bertz CT molecular complexity index is 513. The van der Waals surface area contributed by atoms with Crippen molar-refractivity contribution in [1.29, 1.82) is 0 Å². The third-order valence-electron chi connectivity index (χ3n) is 3.54. The van der Waals surface area contributed by atoms with E-state index in [4.69, 9.17) is 16.0 Å². The van der Waals surface area contributed by atoms with Crippen LogP contribution >= 0.6 is 11.6 Å². The molecule has 0 spiro atoms. The van der Waals surface area contributed by atoms with E-state index in [1.54, 1.807) is 6.26 Å². The molecule has 0 amide bonds. The first-order chi connectivity index (χ1) is 9.68. The summed E-state index contributed by atoms with van der Waals surface area (Å²) in [7, 11) is 2.11. The molecular formula is C16H21ClN2O. The molecule has 4 heteroatoms. The standard InChI is InChI=1S/C16H21ClN2O/c1-13(15-7-3-4-8-16(15)17)19(2)10-9-18-12-14-6-5-11-20-14/h3-8,11,13,18H,9-10,12H2,1-2H3. The fraction of sp³-hybridized carbons (Fsp3) is 0.375. The van der Waals surface area contributed by atoms with Crippen molar-refractivity contribution in [3.63, 3.8) is 0 Å². The van der Waals surface area contributed by atoms with Gasteiger partial charge in [-0.15, -0.1) is 0 Å².